The van der Waals surface area contributed by atoms with E-state index in [0.29, 0.717) is 24.5 Å². The van der Waals surface area contributed by atoms with Crippen molar-refractivity contribution in [3.63, 3.8) is 0 Å². The Morgan fingerprint density at radius 2 is 1.71 bits per heavy atom. The molecule has 7 nitrogen and oxygen atoms in total. The van der Waals surface area contributed by atoms with Crippen molar-refractivity contribution < 1.29 is 22.8 Å². The van der Waals surface area contributed by atoms with E-state index in [1.807, 2.05) is 61.5 Å². The van der Waals surface area contributed by atoms with Crippen LogP contribution in [-0.2, 0) is 11.0 Å². The van der Waals surface area contributed by atoms with E-state index in [-0.39, 0.29) is 17.4 Å². The lowest BCUT2D eigenvalue weighted by Crippen LogP contribution is -2.44. The van der Waals surface area contributed by atoms with Gasteiger partial charge in [0, 0.05) is 41.9 Å². The van der Waals surface area contributed by atoms with Crippen LogP contribution < -0.4 is 17.2 Å². The highest BCUT2D eigenvalue weighted by Crippen LogP contribution is 2.37. The van der Waals surface area contributed by atoms with Gasteiger partial charge in [-0.25, -0.2) is 4.99 Å². The third kappa shape index (κ3) is 6.58. The van der Waals surface area contributed by atoms with Crippen LogP contribution >= 0.6 is 0 Å². The Kier molecular flexibility index (Phi) is 8.90. The van der Waals surface area contributed by atoms with Gasteiger partial charge >= 0.3 is 6.18 Å². The second-order valence-electron chi connectivity index (χ2n) is 8.36. The summed E-state index contributed by atoms with van der Waals surface area (Å²) in [7, 11) is 0. The largest absolute Gasteiger partial charge is 0.416 e. The van der Waals surface area contributed by atoms with Crippen LogP contribution in [0.15, 0.2) is 95.6 Å². The lowest BCUT2D eigenvalue weighted by molar-refractivity contribution is -0.137. The smallest absolute Gasteiger partial charge is 0.404 e. The van der Waals surface area contributed by atoms with Gasteiger partial charge < -0.3 is 17.2 Å². The highest BCUT2D eigenvalue weighted by atomic mass is 19.4. The molecule has 1 aliphatic rings. The number of amides is 2. The third-order valence-corrected chi connectivity index (χ3v) is 5.90. The zero-order valence-electron chi connectivity index (χ0n) is 20.7. The maximum Gasteiger partial charge on any atom is 0.416 e. The number of rotatable bonds is 4. The summed E-state index contributed by atoms with van der Waals surface area (Å²) in [4.78, 5) is 29.6. The molecule has 198 valence electrons. The predicted molar refractivity (Wildman–Crippen MR) is 141 cm³/mol. The summed E-state index contributed by atoms with van der Waals surface area (Å²) in [6.07, 6.45) is -2.56. The minimum absolute atomic E-state index is 0.0241. The summed E-state index contributed by atoms with van der Waals surface area (Å²) in [5, 5.41) is 0. The number of alkyl halides is 3. The highest BCUT2D eigenvalue weighted by Gasteiger charge is 2.36. The number of halogens is 3. The van der Waals surface area contributed by atoms with Crippen molar-refractivity contribution in [1.82, 2.24) is 4.90 Å². The maximum absolute atomic E-state index is 12.7. The number of carbonyl (C=O) groups is 2. The van der Waals surface area contributed by atoms with Crippen molar-refractivity contribution >= 4 is 29.0 Å². The van der Waals surface area contributed by atoms with E-state index in [9.17, 15) is 22.8 Å². The number of carbonyl (C=O) groups excluding carboxylic acids is 2. The summed E-state index contributed by atoms with van der Waals surface area (Å²) < 4.78 is 36.2. The van der Waals surface area contributed by atoms with Gasteiger partial charge in [-0.2, -0.15) is 13.2 Å². The number of para-hydroxylation sites is 2. The van der Waals surface area contributed by atoms with Crippen molar-refractivity contribution in [2.75, 3.05) is 12.3 Å². The van der Waals surface area contributed by atoms with Gasteiger partial charge in [-0.05, 0) is 48.9 Å². The monoisotopic (exact) mass is 523 g/mol. The molecule has 0 bridgehead atoms. The van der Waals surface area contributed by atoms with Gasteiger partial charge in [0.15, 0.2) is 0 Å². The first-order valence-electron chi connectivity index (χ1n) is 11.7. The summed E-state index contributed by atoms with van der Waals surface area (Å²) in [6.45, 7) is 2.47. The highest BCUT2D eigenvalue weighted by molar-refractivity contribution is 6.12. The normalized spacial score (nSPS) is 17.7. The molecule has 1 unspecified atom stereocenters. The van der Waals surface area contributed by atoms with Gasteiger partial charge in [-0.3, -0.25) is 14.5 Å². The number of anilines is 1. The zero-order chi connectivity index (χ0) is 27.9. The van der Waals surface area contributed by atoms with Gasteiger partial charge in [0.05, 0.1) is 11.3 Å². The van der Waals surface area contributed by atoms with E-state index < -0.39 is 17.6 Å². The quantitative estimate of drug-likeness (QED) is 0.417. The fraction of sp³-hybridized carbons (Fsp3) is 0.179. The number of nitrogen functional groups attached to an aromatic ring is 1. The lowest BCUT2D eigenvalue weighted by atomic mass is 9.83. The van der Waals surface area contributed by atoms with E-state index in [4.69, 9.17) is 22.2 Å². The molecular weight excluding hydrogens is 495 g/mol. The molecule has 1 heterocycles. The van der Waals surface area contributed by atoms with Crippen LogP contribution in [0.3, 0.4) is 0 Å². The molecule has 38 heavy (non-hydrogen) atoms. The Morgan fingerprint density at radius 1 is 1.05 bits per heavy atom. The van der Waals surface area contributed by atoms with E-state index in [1.54, 1.807) is 11.1 Å². The molecule has 6 N–H and O–H groups in total. The molecule has 3 aromatic carbocycles. The predicted octanol–water partition coefficient (Wildman–Crippen LogP) is 4.98. The molecule has 3 aromatic rings. The molecule has 0 radical (unpaired) electrons. The average Bonchev–Trinajstić information content (AvgIpc) is 2.89. The second kappa shape index (κ2) is 12.1. The number of aliphatic imine (C=N–C) groups is 1. The van der Waals surface area contributed by atoms with Gasteiger partial charge in [0.1, 0.15) is 5.84 Å². The molecule has 1 aliphatic heterocycles. The number of nitrogens with two attached hydrogens (primary N) is 3. The maximum atomic E-state index is 12.7. The van der Waals surface area contributed by atoms with E-state index in [0.717, 1.165) is 35.0 Å². The van der Waals surface area contributed by atoms with Gasteiger partial charge in [0.2, 0.25) is 11.8 Å². The van der Waals surface area contributed by atoms with Crippen LogP contribution in [0.5, 0.6) is 0 Å². The number of hydrogen-bond donors (Lipinski definition) is 3. The minimum atomic E-state index is -4.44. The molecular formula is C28H28F3N5O2. The van der Waals surface area contributed by atoms with Crippen LogP contribution in [0.1, 0.15) is 40.7 Å². The number of amidine groups is 1. The third-order valence-electron chi connectivity index (χ3n) is 5.90. The second-order valence-corrected chi connectivity index (χ2v) is 8.36. The summed E-state index contributed by atoms with van der Waals surface area (Å²) in [5.74, 6) is -0.438. The lowest BCUT2D eigenvalue weighted by Gasteiger charge is -2.35. The van der Waals surface area contributed by atoms with Crippen LogP contribution in [0.2, 0.25) is 0 Å². The first-order valence-corrected chi connectivity index (χ1v) is 11.7. The Balaban J connectivity index is 0.000000260. The van der Waals surface area contributed by atoms with E-state index >= 15 is 0 Å². The molecule has 0 aliphatic carbocycles. The van der Waals surface area contributed by atoms with Crippen molar-refractivity contribution in [2.24, 2.45) is 16.5 Å². The van der Waals surface area contributed by atoms with Crippen LogP contribution in [0.4, 0.5) is 24.5 Å². The summed E-state index contributed by atoms with van der Waals surface area (Å²) in [5.41, 5.74) is 19.1. The fourth-order valence-electron chi connectivity index (χ4n) is 4.05. The van der Waals surface area contributed by atoms with Crippen LogP contribution in [0.25, 0.3) is 0 Å². The number of likely N-dealkylation sites (tertiary alicyclic amines) is 1. The Bertz CT molecular complexity index is 1350. The molecule has 1 saturated heterocycles. The first-order chi connectivity index (χ1) is 18.1. The van der Waals surface area contributed by atoms with E-state index in [1.165, 1.54) is 6.07 Å². The Morgan fingerprint density at radius 3 is 2.29 bits per heavy atom. The number of primary amides is 1. The van der Waals surface area contributed by atoms with Crippen LogP contribution in [-0.4, -0.2) is 29.1 Å². The molecule has 1 fully saturated rings. The van der Waals surface area contributed by atoms with E-state index in [2.05, 4.69) is 0 Å². The number of benzene rings is 3. The van der Waals surface area contributed by atoms with Crippen molar-refractivity contribution in [1.29, 1.82) is 0 Å². The van der Waals surface area contributed by atoms with Crippen molar-refractivity contribution in [3.8, 4) is 0 Å². The van der Waals surface area contributed by atoms with Gasteiger partial charge in [-0.1, -0.05) is 42.5 Å². The zero-order valence-corrected chi connectivity index (χ0v) is 20.7. The minimum Gasteiger partial charge on any atom is -0.404 e. The van der Waals surface area contributed by atoms with Crippen molar-refractivity contribution in [2.45, 2.75) is 25.4 Å². The molecule has 10 heteroatoms. The number of likely N-dealkylation sites (N-methyl/N-ethyl adjacent to an activating group) is 1. The van der Waals surface area contributed by atoms with Crippen LogP contribution in [0, 0.1) is 0 Å². The molecule has 0 saturated carbocycles. The Hall–Kier alpha value is -4.60. The number of nitrogens with zero attached hydrogens (tertiary/aromatic N) is 2. The number of piperidine rings is 1. The first kappa shape index (κ1) is 28.0. The fourth-order valence-corrected chi connectivity index (χ4v) is 4.05. The molecule has 0 aromatic heterocycles. The van der Waals surface area contributed by atoms with Crippen molar-refractivity contribution in [3.05, 3.63) is 107 Å². The molecule has 1 atom stereocenters. The number of hydrogen-bond acceptors (Lipinski definition) is 5. The standard InChI is InChI=1S/C20H22N4O.C8H6F3NO/c1-2-24-19(25)12-16(15-10-6-7-11-18(15)22)17(13-21)20(24)23-14-8-4-3-5-9-14;9-8(10,11)6-3-1-2-5(4-6)7(12)13/h3-11,13,16H,2,12,21-22H2,1H3;1-4H,(H2,12,13)/b17-13-,23-20?;. The molecule has 4 rings (SSSR count). The molecule has 0 spiro atoms. The van der Waals surface area contributed by atoms with Gasteiger partial charge in [0.25, 0.3) is 0 Å². The summed E-state index contributed by atoms with van der Waals surface area (Å²) in [6, 6.07) is 21.1. The Labute approximate surface area is 218 Å². The topological polar surface area (TPSA) is 128 Å². The molecule has 2 amide bonds. The summed E-state index contributed by atoms with van der Waals surface area (Å²) >= 11 is 0. The SMILES string of the molecule is CCN1C(=O)CC(c2ccccc2N)/C(=C/N)C1=Nc1ccccc1.NC(=O)c1cccc(C(F)(F)F)c1. The van der Waals surface area contributed by atoms with Gasteiger partial charge in [-0.15, -0.1) is 0 Å². The average molecular weight is 524 g/mol.